The molecule has 1 amide bonds. The molecule has 30 heavy (non-hydrogen) atoms. The van der Waals surface area contributed by atoms with E-state index in [2.05, 4.69) is 51.8 Å². The zero-order valence-electron chi connectivity index (χ0n) is 19.0. The van der Waals surface area contributed by atoms with E-state index < -0.39 is 0 Å². The second kappa shape index (κ2) is 13.1. The van der Waals surface area contributed by atoms with Crippen LogP contribution in [0.1, 0.15) is 51.0 Å². The molecule has 1 aromatic carbocycles. The molecule has 0 aromatic heterocycles. The van der Waals surface area contributed by atoms with Crippen molar-refractivity contribution in [1.29, 1.82) is 0 Å². The van der Waals surface area contributed by atoms with Crippen LogP contribution < -0.4 is 20.7 Å². The van der Waals surface area contributed by atoms with E-state index in [1.165, 1.54) is 5.56 Å². The molecule has 168 valence electrons. The molecule has 1 saturated heterocycles. The molecule has 0 spiro atoms. The van der Waals surface area contributed by atoms with E-state index >= 15 is 0 Å². The molecule has 1 atom stereocenters. The van der Waals surface area contributed by atoms with Crippen molar-refractivity contribution in [1.82, 2.24) is 20.9 Å². The van der Waals surface area contributed by atoms with Crippen molar-refractivity contribution in [2.75, 3.05) is 46.9 Å². The predicted octanol–water partition coefficient (Wildman–Crippen LogP) is 2.34. The first-order valence-corrected chi connectivity index (χ1v) is 11.2. The van der Waals surface area contributed by atoms with Gasteiger partial charge in [-0.2, -0.15) is 0 Å². The normalized spacial score (nSPS) is 16.7. The summed E-state index contributed by atoms with van der Waals surface area (Å²) >= 11 is 0. The summed E-state index contributed by atoms with van der Waals surface area (Å²) in [4.78, 5) is 18.5. The molecule has 1 aromatic rings. The number of likely N-dealkylation sites (tertiary alicyclic amines) is 1. The summed E-state index contributed by atoms with van der Waals surface area (Å²) in [5.74, 6) is 2.34. The number of carbonyl (C=O) groups is 1. The van der Waals surface area contributed by atoms with Gasteiger partial charge in [-0.25, -0.2) is 0 Å². The molecule has 3 N–H and O–H groups in total. The highest BCUT2D eigenvalue weighted by molar-refractivity contribution is 5.80. The molecule has 0 radical (unpaired) electrons. The summed E-state index contributed by atoms with van der Waals surface area (Å²) in [7, 11) is 3.50. The highest BCUT2D eigenvalue weighted by Crippen LogP contribution is 2.21. The molecule has 2 rings (SSSR count). The molecule has 0 saturated carbocycles. The van der Waals surface area contributed by atoms with Crippen molar-refractivity contribution in [2.45, 2.75) is 51.5 Å². The van der Waals surface area contributed by atoms with Crippen molar-refractivity contribution in [3.05, 3.63) is 29.8 Å². The molecule has 1 heterocycles. The van der Waals surface area contributed by atoms with Crippen LogP contribution in [-0.2, 0) is 4.79 Å². The van der Waals surface area contributed by atoms with Gasteiger partial charge < -0.3 is 20.7 Å². The van der Waals surface area contributed by atoms with Crippen LogP contribution in [0.25, 0.3) is 0 Å². The van der Waals surface area contributed by atoms with Crippen LogP contribution in [0.4, 0.5) is 0 Å². The zero-order valence-corrected chi connectivity index (χ0v) is 19.0. The largest absolute Gasteiger partial charge is 0.497 e. The van der Waals surface area contributed by atoms with Gasteiger partial charge in [0, 0.05) is 39.3 Å². The molecule has 7 nitrogen and oxygen atoms in total. The van der Waals surface area contributed by atoms with Crippen LogP contribution in [0, 0.1) is 0 Å². The summed E-state index contributed by atoms with van der Waals surface area (Å²) in [5, 5.41) is 9.93. The standard InChI is InChI=1S/C23H39N5O2/c1-5-13-25-22(29)17-28-15-11-20(12-16-28)27-23(24-3)26-14-10-18(2)19-6-8-21(30-4)9-7-19/h6-9,18,20H,5,10-17H2,1-4H3,(H,25,29)(H2,24,26,27). The Kier molecular flexibility index (Phi) is 10.5. The third kappa shape index (κ3) is 8.22. The molecular weight excluding hydrogens is 378 g/mol. The Morgan fingerprint density at radius 3 is 2.50 bits per heavy atom. The van der Waals surface area contributed by atoms with Crippen molar-refractivity contribution in [2.24, 2.45) is 4.99 Å². The van der Waals surface area contributed by atoms with E-state index in [0.717, 1.165) is 63.6 Å². The number of nitrogens with one attached hydrogen (secondary N) is 3. The summed E-state index contributed by atoms with van der Waals surface area (Å²) in [6.07, 6.45) is 4.04. The molecule has 1 unspecified atom stereocenters. The number of hydrogen-bond donors (Lipinski definition) is 3. The number of carbonyl (C=O) groups excluding carboxylic acids is 1. The summed E-state index contributed by atoms with van der Waals surface area (Å²) < 4.78 is 5.23. The van der Waals surface area contributed by atoms with Gasteiger partial charge in [-0.05, 0) is 49.3 Å². The third-order valence-corrected chi connectivity index (χ3v) is 5.65. The number of guanidine groups is 1. The third-order valence-electron chi connectivity index (χ3n) is 5.65. The minimum Gasteiger partial charge on any atom is -0.497 e. The maximum Gasteiger partial charge on any atom is 0.234 e. The van der Waals surface area contributed by atoms with E-state index in [9.17, 15) is 4.79 Å². The number of benzene rings is 1. The smallest absolute Gasteiger partial charge is 0.234 e. The Hall–Kier alpha value is -2.28. The lowest BCUT2D eigenvalue weighted by molar-refractivity contribution is -0.122. The van der Waals surface area contributed by atoms with E-state index in [4.69, 9.17) is 4.74 Å². The van der Waals surface area contributed by atoms with Crippen LogP contribution in [0.3, 0.4) is 0 Å². The monoisotopic (exact) mass is 417 g/mol. The lowest BCUT2D eigenvalue weighted by Gasteiger charge is -2.32. The molecule has 0 aliphatic carbocycles. The zero-order chi connectivity index (χ0) is 21.8. The number of hydrogen-bond acceptors (Lipinski definition) is 4. The highest BCUT2D eigenvalue weighted by atomic mass is 16.5. The van der Waals surface area contributed by atoms with Gasteiger partial charge in [-0.3, -0.25) is 14.7 Å². The topological polar surface area (TPSA) is 78.0 Å². The second-order valence-electron chi connectivity index (χ2n) is 8.01. The highest BCUT2D eigenvalue weighted by Gasteiger charge is 2.21. The number of aliphatic imine (C=N–C) groups is 1. The van der Waals surface area contributed by atoms with Crippen molar-refractivity contribution >= 4 is 11.9 Å². The molecule has 1 fully saturated rings. The van der Waals surface area contributed by atoms with Crippen LogP contribution in [0.5, 0.6) is 5.75 Å². The number of ether oxygens (including phenoxy) is 1. The van der Waals surface area contributed by atoms with Gasteiger partial charge in [0.1, 0.15) is 5.75 Å². The second-order valence-corrected chi connectivity index (χ2v) is 8.01. The van der Waals surface area contributed by atoms with E-state index in [1.54, 1.807) is 7.11 Å². The number of nitrogens with zero attached hydrogens (tertiary/aromatic N) is 2. The van der Waals surface area contributed by atoms with Crippen molar-refractivity contribution < 1.29 is 9.53 Å². The first-order chi connectivity index (χ1) is 14.5. The van der Waals surface area contributed by atoms with Gasteiger partial charge in [-0.1, -0.05) is 26.0 Å². The molecule has 1 aliphatic heterocycles. The van der Waals surface area contributed by atoms with Gasteiger partial charge >= 0.3 is 0 Å². The van der Waals surface area contributed by atoms with Crippen molar-refractivity contribution in [3.8, 4) is 5.75 Å². The molecule has 7 heteroatoms. The van der Waals surface area contributed by atoms with Gasteiger partial charge in [0.25, 0.3) is 0 Å². The minimum atomic E-state index is 0.131. The average Bonchev–Trinajstić information content (AvgIpc) is 2.78. The van der Waals surface area contributed by atoms with Gasteiger partial charge in [0.15, 0.2) is 5.96 Å². The van der Waals surface area contributed by atoms with Crippen LogP contribution in [0.15, 0.2) is 29.3 Å². The number of amides is 1. The number of piperidine rings is 1. The fourth-order valence-corrected chi connectivity index (χ4v) is 3.65. The van der Waals surface area contributed by atoms with Gasteiger partial charge in [0.05, 0.1) is 13.7 Å². The van der Waals surface area contributed by atoms with Gasteiger partial charge in [0.2, 0.25) is 5.91 Å². The molecule has 1 aliphatic rings. The first kappa shape index (κ1) is 24.0. The Balaban J connectivity index is 1.66. The maximum absolute atomic E-state index is 11.9. The number of methoxy groups -OCH3 is 1. The Labute approximate surface area is 181 Å². The van der Waals surface area contributed by atoms with Crippen molar-refractivity contribution in [3.63, 3.8) is 0 Å². The fraction of sp³-hybridized carbons (Fsp3) is 0.652. The van der Waals surface area contributed by atoms with Gasteiger partial charge in [-0.15, -0.1) is 0 Å². The average molecular weight is 418 g/mol. The first-order valence-electron chi connectivity index (χ1n) is 11.2. The fourth-order valence-electron chi connectivity index (χ4n) is 3.65. The summed E-state index contributed by atoms with van der Waals surface area (Å²) in [6, 6.07) is 8.68. The molecular formula is C23H39N5O2. The van der Waals surface area contributed by atoms with E-state index in [0.29, 0.717) is 18.5 Å². The maximum atomic E-state index is 11.9. The van der Waals surface area contributed by atoms with Crippen LogP contribution in [-0.4, -0.2) is 69.7 Å². The van der Waals surface area contributed by atoms with Crippen LogP contribution >= 0.6 is 0 Å². The van der Waals surface area contributed by atoms with E-state index in [-0.39, 0.29) is 5.91 Å². The SMILES string of the molecule is CCCNC(=O)CN1CCC(NC(=NC)NCCC(C)c2ccc(OC)cc2)CC1. The molecule has 0 bridgehead atoms. The lowest BCUT2D eigenvalue weighted by atomic mass is 9.98. The minimum absolute atomic E-state index is 0.131. The Morgan fingerprint density at radius 2 is 1.90 bits per heavy atom. The quantitative estimate of drug-likeness (QED) is 0.402. The van der Waals surface area contributed by atoms with Crippen LogP contribution in [0.2, 0.25) is 0 Å². The summed E-state index contributed by atoms with van der Waals surface area (Å²) in [6.45, 7) is 8.30. The number of rotatable bonds is 10. The summed E-state index contributed by atoms with van der Waals surface area (Å²) in [5.41, 5.74) is 1.32. The Morgan fingerprint density at radius 1 is 1.20 bits per heavy atom. The Bertz CT molecular complexity index is 654. The predicted molar refractivity (Wildman–Crippen MR) is 123 cm³/mol. The van der Waals surface area contributed by atoms with E-state index in [1.807, 2.05) is 19.2 Å². The lowest BCUT2D eigenvalue weighted by Crippen LogP contribution is -2.50.